The van der Waals surface area contributed by atoms with Crippen molar-refractivity contribution in [2.24, 2.45) is 5.92 Å². The van der Waals surface area contributed by atoms with Gasteiger partial charge in [0.05, 0.1) is 18.8 Å². The summed E-state index contributed by atoms with van der Waals surface area (Å²) >= 11 is 3.45. The lowest BCUT2D eigenvalue weighted by molar-refractivity contribution is 0.00191. The van der Waals surface area contributed by atoms with Gasteiger partial charge in [0.2, 0.25) is 0 Å². The molecule has 4 nitrogen and oxygen atoms in total. The Morgan fingerprint density at radius 1 is 1.26 bits per heavy atom. The molecule has 0 saturated carbocycles. The fourth-order valence-corrected chi connectivity index (χ4v) is 3.74. The standard InChI is InChI=1S/C18H27BrN2O2/c1-3-14(4-2)17(21-9-11-23-12-10-21)13-20-18(22)15-7-5-6-8-16(15)19/h5-8,14,17H,3-4,9-13H2,1-2H3,(H,20,22). The molecule has 23 heavy (non-hydrogen) atoms. The number of hydrogen-bond donors (Lipinski definition) is 1. The van der Waals surface area contributed by atoms with E-state index in [2.05, 4.69) is 40.0 Å². The van der Waals surface area contributed by atoms with Crippen molar-refractivity contribution in [3.8, 4) is 0 Å². The highest BCUT2D eigenvalue weighted by atomic mass is 79.9. The lowest BCUT2D eigenvalue weighted by Gasteiger charge is -2.38. The molecule has 0 spiro atoms. The number of hydrogen-bond acceptors (Lipinski definition) is 3. The molecule has 0 radical (unpaired) electrons. The van der Waals surface area contributed by atoms with E-state index in [4.69, 9.17) is 4.74 Å². The summed E-state index contributed by atoms with van der Waals surface area (Å²) in [6.45, 7) is 8.63. The van der Waals surface area contributed by atoms with Crippen LogP contribution in [0.1, 0.15) is 37.0 Å². The average molecular weight is 383 g/mol. The Balaban J connectivity index is 2.02. The van der Waals surface area contributed by atoms with Gasteiger partial charge in [0.15, 0.2) is 0 Å². The number of carbonyl (C=O) groups is 1. The van der Waals surface area contributed by atoms with Crippen LogP contribution in [0.5, 0.6) is 0 Å². The maximum atomic E-state index is 12.5. The number of carbonyl (C=O) groups excluding carboxylic acids is 1. The third-order valence-electron chi connectivity index (χ3n) is 4.70. The van der Waals surface area contributed by atoms with Crippen molar-refractivity contribution in [2.45, 2.75) is 32.7 Å². The van der Waals surface area contributed by atoms with E-state index < -0.39 is 0 Å². The second-order valence-corrected chi connectivity index (χ2v) is 6.84. The van der Waals surface area contributed by atoms with Crippen molar-refractivity contribution in [3.05, 3.63) is 34.3 Å². The second-order valence-electron chi connectivity index (χ2n) is 5.98. The number of nitrogens with zero attached hydrogens (tertiary/aromatic N) is 1. The van der Waals surface area contributed by atoms with Crippen molar-refractivity contribution < 1.29 is 9.53 Å². The van der Waals surface area contributed by atoms with Crippen LogP contribution in [0, 0.1) is 5.92 Å². The van der Waals surface area contributed by atoms with Crippen LogP contribution >= 0.6 is 15.9 Å². The Hall–Kier alpha value is -0.910. The summed E-state index contributed by atoms with van der Waals surface area (Å²) in [6.07, 6.45) is 2.26. The third-order valence-corrected chi connectivity index (χ3v) is 5.39. The second kappa shape index (κ2) is 9.40. The average Bonchev–Trinajstić information content (AvgIpc) is 2.59. The van der Waals surface area contributed by atoms with Crippen LogP contribution in [0.25, 0.3) is 0 Å². The first-order valence-corrected chi connectivity index (χ1v) is 9.31. The molecular weight excluding hydrogens is 356 g/mol. The van der Waals surface area contributed by atoms with Gasteiger partial charge in [0.25, 0.3) is 5.91 Å². The van der Waals surface area contributed by atoms with Gasteiger partial charge in [-0.2, -0.15) is 0 Å². The lowest BCUT2D eigenvalue weighted by Crippen LogP contribution is -2.52. The molecule has 0 aliphatic carbocycles. The first-order valence-electron chi connectivity index (χ1n) is 8.51. The largest absolute Gasteiger partial charge is 0.379 e. The summed E-state index contributed by atoms with van der Waals surface area (Å²) in [5.41, 5.74) is 0.692. The summed E-state index contributed by atoms with van der Waals surface area (Å²) in [5.74, 6) is 0.578. The van der Waals surface area contributed by atoms with Crippen molar-refractivity contribution in [1.29, 1.82) is 0 Å². The number of halogens is 1. The maximum Gasteiger partial charge on any atom is 0.252 e. The van der Waals surface area contributed by atoms with Crippen LogP contribution in [-0.4, -0.2) is 49.7 Å². The quantitative estimate of drug-likeness (QED) is 0.786. The Bertz CT molecular complexity index is 500. The summed E-state index contributed by atoms with van der Waals surface area (Å²) in [6, 6.07) is 7.93. The van der Waals surface area contributed by atoms with Crippen LogP contribution in [0.3, 0.4) is 0 Å². The number of benzene rings is 1. The van der Waals surface area contributed by atoms with Gasteiger partial charge >= 0.3 is 0 Å². The van der Waals surface area contributed by atoms with E-state index >= 15 is 0 Å². The molecule has 1 unspecified atom stereocenters. The van der Waals surface area contributed by atoms with Gasteiger partial charge in [0, 0.05) is 30.1 Å². The fourth-order valence-electron chi connectivity index (χ4n) is 3.27. The topological polar surface area (TPSA) is 41.6 Å². The van der Waals surface area contributed by atoms with Crippen LogP contribution in [0.15, 0.2) is 28.7 Å². The van der Waals surface area contributed by atoms with E-state index in [1.807, 2.05) is 24.3 Å². The first-order chi connectivity index (χ1) is 11.2. The summed E-state index contributed by atoms with van der Waals surface area (Å²) in [7, 11) is 0. The maximum absolute atomic E-state index is 12.5. The Morgan fingerprint density at radius 2 is 1.91 bits per heavy atom. The van der Waals surface area contributed by atoms with Gasteiger partial charge in [-0.15, -0.1) is 0 Å². The van der Waals surface area contributed by atoms with Crippen LogP contribution in [0.2, 0.25) is 0 Å². The zero-order chi connectivity index (χ0) is 16.7. The molecular formula is C18H27BrN2O2. The van der Waals surface area contributed by atoms with Crippen molar-refractivity contribution in [3.63, 3.8) is 0 Å². The smallest absolute Gasteiger partial charge is 0.252 e. The number of rotatable bonds is 7. The Kier molecular flexibility index (Phi) is 7.53. The monoisotopic (exact) mass is 382 g/mol. The molecule has 1 aliphatic heterocycles. The van der Waals surface area contributed by atoms with Crippen molar-refractivity contribution in [2.75, 3.05) is 32.8 Å². The molecule has 1 aliphatic rings. The molecule has 5 heteroatoms. The number of amides is 1. The van der Waals surface area contributed by atoms with Gasteiger partial charge in [0.1, 0.15) is 0 Å². The van der Waals surface area contributed by atoms with E-state index in [-0.39, 0.29) is 5.91 Å². The highest BCUT2D eigenvalue weighted by molar-refractivity contribution is 9.10. The van der Waals surface area contributed by atoms with Crippen molar-refractivity contribution in [1.82, 2.24) is 10.2 Å². The number of morpholine rings is 1. The summed E-state index contributed by atoms with van der Waals surface area (Å²) in [4.78, 5) is 14.9. The van der Waals surface area contributed by atoms with Crippen LogP contribution in [0.4, 0.5) is 0 Å². The van der Waals surface area contributed by atoms with E-state index in [1.54, 1.807) is 0 Å². The van der Waals surface area contributed by atoms with E-state index in [1.165, 1.54) is 0 Å². The van der Waals surface area contributed by atoms with Gasteiger partial charge < -0.3 is 10.1 Å². The molecule has 1 heterocycles. The predicted molar refractivity (Wildman–Crippen MR) is 96.7 cm³/mol. The number of nitrogens with one attached hydrogen (secondary N) is 1. The first kappa shape index (κ1) is 18.4. The summed E-state index contributed by atoms with van der Waals surface area (Å²) < 4.78 is 6.31. The normalized spacial score (nSPS) is 17.2. The molecule has 1 fully saturated rings. The highest BCUT2D eigenvalue weighted by Crippen LogP contribution is 2.20. The fraction of sp³-hybridized carbons (Fsp3) is 0.611. The minimum Gasteiger partial charge on any atom is -0.379 e. The zero-order valence-electron chi connectivity index (χ0n) is 14.1. The van der Waals surface area contributed by atoms with Gasteiger partial charge in [-0.25, -0.2) is 0 Å². The minimum atomic E-state index is -0.0123. The van der Waals surface area contributed by atoms with Gasteiger partial charge in [-0.3, -0.25) is 9.69 Å². The molecule has 1 aromatic carbocycles. The van der Waals surface area contributed by atoms with Crippen molar-refractivity contribution >= 4 is 21.8 Å². The SMILES string of the molecule is CCC(CC)C(CNC(=O)c1ccccc1Br)N1CCOCC1. The zero-order valence-corrected chi connectivity index (χ0v) is 15.6. The third kappa shape index (κ3) is 5.03. The van der Waals surface area contributed by atoms with E-state index in [9.17, 15) is 4.79 Å². The molecule has 1 saturated heterocycles. The molecule has 0 aromatic heterocycles. The van der Waals surface area contributed by atoms with E-state index in [0.29, 0.717) is 24.1 Å². The molecule has 2 rings (SSSR count). The molecule has 128 valence electrons. The Labute approximate surface area is 147 Å². The molecule has 1 N–H and O–H groups in total. The molecule has 1 atom stereocenters. The summed E-state index contributed by atoms with van der Waals surface area (Å²) in [5, 5.41) is 3.13. The van der Waals surface area contributed by atoms with Gasteiger partial charge in [-0.05, 0) is 34.0 Å². The molecule has 1 amide bonds. The number of ether oxygens (including phenoxy) is 1. The highest BCUT2D eigenvalue weighted by Gasteiger charge is 2.27. The minimum absolute atomic E-state index is 0.0123. The Morgan fingerprint density at radius 3 is 2.52 bits per heavy atom. The molecule has 1 aromatic rings. The van der Waals surface area contributed by atoms with E-state index in [0.717, 1.165) is 43.6 Å². The van der Waals surface area contributed by atoms with Crippen LogP contribution < -0.4 is 5.32 Å². The lowest BCUT2D eigenvalue weighted by atomic mass is 9.92. The molecule has 0 bridgehead atoms. The predicted octanol–water partition coefficient (Wildman–Crippen LogP) is 3.32. The van der Waals surface area contributed by atoms with Crippen LogP contribution in [-0.2, 0) is 4.74 Å². The van der Waals surface area contributed by atoms with Gasteiger partial charge in [-0.1, -0.05) is 38.8 Å².